The maximum Gasteiger partial charge on any atom is 0.230 e. The largest absolute Gasteiger partial charge is 0.492 e. The van der Waals surface area contributed by atoms with Gasteiger partial charge in [0.1, 0.15) is 6.33 Å². The molecule has 1 aliphatic heterocycles. The monoisotopic (exact) mass is 350 g/mol. The SMILES string of the molecule is Oc1c(C(c2ccc(Cl)cc2)N2CCOCC2)sc2ncnn12. The number of aromatic hydroxyl groups is 1. The standard InChI is InChI=1S/C15H15ClN4O2S/c16-11-3-1-10(2-4-11)12(19-5-7-22-8-6-19)13-14(21)20-15(23-13)17-9-18-20/h1-4,9,12,21H,5-8H2. The third kappa shape index (κ3) is 2.70. The van der Waals surface area contributed by atoms with Gasteiger partial charge in [-0.15, -0.1) is 0 Å². The van der Waals surface area contributed by atoms with Gasteiger partial charge in [0.05, 0.1) is 24.1 Å². The minimum absolute atomic E-state index is 0.0651. The Kier molecular flexibility index (Phi) is 3.94. The summed E-state index contributed by atoms with van der Waals surface area (Å²) in [5.74, 6) is 0.147. The zero-order valence-corrected chi connectivity index (χ0v) is 13.8. The number of halogens is 1. The molecule has 0 saturated carbocycles. The summed E-state index contributed by atoms with van der Waals surface area (Å²) in [6.07, 6.45) is 1.45. The van der Waals surface area contributed by atoms with Gasteiger partial charge < -0.3 is 9.84 Å². The van der Waals surface area contributed by atoms with Crippen LogP contribution in [0.4, 0.5) is 0 Å². The van der Waals surface area contributed by atoms with Gasteiger partial charge in [0, 0.05) is 18.1 Å². The molecule has 0 amide bonds. The molecule has 1 unspecified atom stereocenters. The van der Waals surface area contributed by atoms with E-state index in [2.05, 4.69) is 15.0 Å². The Balaban J connectivity index is 1.81. The second-order valence-corrected chi connectivity index (χ2v) is 6.79. The summed E-state index contributed by atoms with van der Waals surface area (Å²) in [6, 6.07) is 7.68. The molecule has 0 radical (unpaired) electrons. The van der Waals surface area contributed by atoms with Gasteiger partial charge in [-0.3, -0.25) is 4.90 Å². The van der Waals surface area contributed by atoms with Crippen molar-refractivity contribution in [2.75, 3.05) is 26.3 Å². The molecule has 23 heavy (non-hydrogen) atoms. The van der Waals surface area contributed by atoms with Crippen LogP contribution in [0.1, 0.15) is 16.5 Å². The molecule has 6 nitrogen and oxygen atoms in total. The van der Waals surface area contributed by atoms with Crippen LogP contribution in [0.3, 0.4) is 0 Å². The highest BCUT2D eigenvalue weighted by Gasteiger charge is 2.30. The predicted molar refractivity (Wildman–Crippen MR) is 88.2 cm³/mol. The minimum atomic E-state index is -0.0651. The topological polar surface area (TPSA) is 62.9 Å². The van der Waals surface area contributed by atoms with E-state index in [0.717, 1.165) is 23.5 Å². The van der Waals surface area contributed by atoms with Crippen molar-refractivity contribution in [1.29, 1.82) is 0 Å². The fourth-order valence-corrected chi connectivity index (χ4v) is 4.10. The Hall–Kier alpha value is -1.67. The number of hydrogen-bond donors (Lipinski definition) is 1. The Morgan fingerprint density at radius 1 is 1.22 bits per heavy atom. The smallest absolute Gasteiger partial charge is 0.230 e. The van der Waals surface area contributed by atoms with Crippen LogP contribution < -0.4 is 0 Å². The highest BCUT2D eigenvalue weighted by molar-refractivity contribution is 7.17. The molecule has 120 valence electrons. The molecular weight excluding hydrogens is 336 g/mol. The average Bonchev–Trinajstić information content (AvgIpc) is 3.15. The van der Waals surface area contributed by atoms with E-state index in [4.69, 9.17) is 16.3 Å². The third-order valence-corrected chi connectivity index (χ3v) is 5.32. The average molecular weight is 351 g/mol. The summed E-state index contributed by atoms with van der Waals surface area (Å²) in [4.78, 5) is 8.01. The van der Waals surface area contributed by atoms with Crippen LogP contribution in [-0.4, -0.2) is 50.9 Å². The fourth-order valence-electron chi connectivity index (χ4n) is 2.88. The van der Waals surface area contributed by atoms with Crippen molar-refractivity contribution >= 4 is 27.9 Å². The van der Waals surface area contributed by atoms with E-state index < -0.39 is 0 Å². The molecule has 1 aromatic carbocycles. The molecule has 2 aromatic heterocycles. The van der Waals surface area contributed by atoms with E-state index in [1.165, 1.54) is 22.2 Å². The van der Waals surface area contributed by atoms with Crippen molar-refractivity contribution in [1.82, 2.24) is 19.5 Å². The van der Waals surface area contributed by atoms with Gasteiger partial charge >= 0.3 is 0 Å². The van der Waals surface area contributed by atoms with Crippen LogP contribution in [-0.2, 0) is 4.74 Å². The number of fused-ring (bicyclic) bond motifs is 1. The molecule has 4 rings (SSSR count). The molecule has 0 spiro atoms. The van der Waals surface area contributed by atoms with Crippen molar-refractivity contribution in [3.05, 3.63) is 46.1 Å². The van der Waals surface area contributed by atoms with E-state index in [0.29, 0.717) is 23.2 Å². The van der Waals surface area contributed by atoms with Crippen LogP contribution in [0.2, 0.25) is 5.02 Å². The number of hydrogen-bond acceptors (Lipinski definition) is 6. The van der Waals surface area contributed by atoms with Gasteiger partial charge in [-0.2, -0.15) is 9.61 Å². The number of ether oxygens (including phenoxy) is 1. The van der Waals surface area contributed by atoms with Crippen LogP contribution in [0.5, 0.6) is 5.88 Å². The second kappa shape index (κ2) is 6.09. The minimum Gasteiger partial charge on any atom is -0.492 e. The molecule has 1 atom stereocenters. The van der Waals surface area contributed by atoms with Crippen molar-refractivity contribution in [2.45, 2.75) is 6.04 Å². The Labute approximate surface area is 141 Å². The summed E-state index contributed by atoms with van der Waals surface area (Å²) in [6.45, 7) is 2.98. The molecule has 3 heterocycles. The van der Waals surface area contributed by atoms with Crippen LogP contribution in [0.15, 0.2) is 30.6 Å². The van der Waals surface area contributed by atoms with Crippen LogP contribution in [0, 0.1) is 0 Å². The number of rotatable bonds is 3. The first kappa shape index (κ1) is 14.9. The summed E-state index contributed by atoms with van der Waals surface area (Å²) in [5, 5.41) is 15.4. The lowest BCUT2D eigenvalue weighted by atomic mass is 10.0. The lowest BCUT2D eigenvalue weighted by Crippen LogP contribution is -2.39. The van der Waals surface area contributed by atoms with Gasteiger partial charge in [-0.25, -0.2) is 4.98 Å². The molecule has 1 N–H and O–H groups in total. The molecule has 0 bridgehead atoms. The van der Waals surface area contributed by atoms with E-state index >= 15 is 0 Å². The molecule has 8 heteroatoms. The predicted octanol–water partition coefficient (Wildman–Crippen LogP) is 2.57. The molecule has 0 aliphatic carbocycles. The first-order chi connectivity index (χ1) is 11.2. The molecule has 1 saturated heterocycles. The highest BCUT2D eigenvalue weighted by atomic mass is 35.5. The molecule has 1 fully saturated rings. The summed E-state index contributed by atoms with van der Waals surface area (Å²) < 4.78 is 6.94. The van der Waals surface area contributed by atoms with E-state index in [9.17, 15) is 5.11 Å². The lowest BCUT2D eigenvalue weighted by Gasteiger charge is -2.34. The van der Waals surface area contributed by atoms with E-state index in [-0.39, 0.29) is 11.9 Å². The Morgan fingerprint density at radius 2 is 1.96 bits per heavy atom. The third-order valence-electron chi connectivity index (χ3n) is 3.98. The number of nitrogens with zero attached hydrogens (tertiary/aromatic N) is 4. The van der Waals surface area contributed by atoms with Gasteiger partial charge in [-0.1, -0.05) is 35.1 Å². The van der Waals surface area contributed by atoms with Gasteiger partial charge in [-0.05, 0) is 17.7 Å². The maximum absolute atomic E-state index is 10.6. The lowest BCUT2D eigenvalue weighted by molar-refractivity contribution is 0.0241. The maximum atomic E-state index is 10.6. The summed E-state index contributed by atoms with van der Waals surface area (Å²) in [5.41, 5.74) is 1.08. The highest BCUT2D eigenvalue weighted by Crippen LogP contribution is 2.40. The first-order valence-electron chi connectivity index (χ1n) is 7.32. The van der Waals surface area contributed by atoms with E-state index in [1.807, 2.05) is 24.3 Å². The van der Waals surface area contributed by atoms with Crippen molar-refractivity contribution in [3.63, 3.8) is 0 Å². The normalized spacial score (nSPS) is 17.6. The molecular formula is C15H15ClN4O2S. The summed E-state index contributed by atoms with van der Waals surface area (Å²) in [7, 11) is 0. The van der Waals surface area contributed by atoms with Gasteiger partial charge in [0.25, 0.3) is 0 Å². The van der Waals surface area contributed by atoms with Gasteiger partial charge in [0.2, 0.25) is 10.8 Å². The quantitative estimate of drug-likeness (QED) is 0.786. The van der Waals surface area contributed by atoms with Crippen LogP contribution >= 0.6 is 22.9 Å². The summed E-state index contributed by atoms with van der Waals surface area (Å²) >= 11 is 7.48. The number of aromatic nitrogens is 3. The van der Waals surface area contributed by atoms with Gasteiger partial charge in [0.15, 0.2) is 0 Å². The van der Waals surface area contributed by atoms with Crippen LogP contribution in [0.25, 0.3) is 4.96 Å². The van der Waals surface area contributed by atoms with Crippen molar-refractivity contribution in [2.24, 2.45) is 0 Å². The first-order valence-corrected chi connectivity index (χ1v) is 8.52. The number of morpholine rings is 1. The molecule has 1 aliphatic rings. The molecule has 3 aromatic rings. The van der Waals surface area contributed by atoms with E-state index in [1.54, 1.807) is 0 Å². The zero-order chi connectivity index (χ0) is 15.8. The van der Waals surface area contributed by atoms with Crippen molar-refractivity contribution < 1.29 is 9.84 Å². The number of thiazole rings is 1. The number of benzene rings is 1. The Morgan fingerprint density at radius 3 is 2.65 bits per heavy atom. The van der Waals surface area contributed by atoms with Crippen molar-refractivity contribution in [3.8, 4) is 5.88 Å². The fraction of sp³-hybridized carbons (Fsp3) is 0.333. The second-order valence-electron chi connectivity index (χ2n) is 5.35. The Bertz CT molecular complexity index is 811. The zero-order valence-electron chi connectivity index (χ0n) is 12.2.